The van der Waals surface area contributed by atoms with Gasteiger partial charge in [-0.2, -0.15) is 0 Å². The Balaban J connectivity index is 2.72. The standard InChI is InChI=1S/C11H15NO.C11H19Si.2C3H9Si.Ti/c1-2-3-4-9-5-7-10(8-6-9)11(12)13;1-8-7-11(4,12(5)6)10(3)9(8)2;2*1-4(2)3;/h5-8H,2-4H2,1H3,(H2,12,13);12H,1-6H3;2*1-3H3;/q;;;;+1/p-1. The van der Waals surface area contributed by atoms with E-state index in [1.807, 2.05) is 0 Å². The fourth-order valence-electron chi connectivity index (χ4n) is 6.59. The van der Waals surface area contributed by atoms with Crippen molar-refractivity contribution in [3.05, 3.63) is 56.0 Å². The molecule has 1 amide bonds. The van der Waals surface area contributed by atoms with Gasteiger partial charge >= 0.3 is 218 Å². The SMILES string of the molecule is CCCCc1ccc(C(=O)[NH][Ti]([C]2=C(C)C(C)=C(C)C2(C)[SiH](C)C)([Si](C)(C)C)[Si](C)(C)C)cc1. The maximum atomic E-state index is 14.0. The predicted molar refractivity (Wildman–Crippen MR) is 158 cm³/mol. The van der Waals surface area contributed by atoms with Crippen LogP contribution in [-0.2, 0) is 21.8 Å². The van der Waals surface area contributed by atoms with Crippen molar-refractivity contribution in [2.45, 2.75) is 111 Å². The zero-order valence-corrected chi connectivity index (χ0v) is 29.1. The molecule has 0 saturated carbocycles. The normalized spacial score (nSPS) is 19.9. The molecule has 0 aromatic heterocycles. The monoisotopic (exact) mass is 549 g/mol. The van der Waals surface area contributed by atoms with Gasteiger partial charge in [0.05, 0.1) is 0 Å². The van der Waals surface area contributed by atoms with E-state index in [2.05, 4.69) is 115 Å². The van der Waals surface area contributed by atoms with Crippen molar-refractivity contribution < 1.29 is 20.1 Å². The van der Waals surface area contributed by atoms with Crippen LogP contribution in [0.25, 0.3) is 0 Å². The Kier molecular flexibility index (Phi) is 9.18. The van der Waals surface area contributed by atoms with E-state index in [-0.39, 0.29) is 10.9 Å². The quantitative estimate of drug-likeness (QED) is 0.308. The first-order valence-corrected chi connectivity index (χ1v) is 29.4. The molecule has 1 aromatic rings. The third-order valence-corrected chi connectivity index (χ3v) is 63.1. The number of unbranched alkanes of at least 4 members (excludes halogenated alkanes) is 1. The van der Waals surface area contributed by atoms with E-state index >= 15 is 0 Å². The summed E-state index contributed by atoms with van der Waals surface area (Å²) in [5.74, 6) is -3.30. The van der Waals surface area contributed by atoms with Gasteiger partial charge in [0.15, 0.2) is 0 Å². The molecule has 0 radical (unpaired) electrons. The van der Waals surface area contributed by atoms with Gasteiger partial charge in [-0.15, -0.1) is 0 Å². The van der Waals surface area contributed by atoms with Crippen LogP contribution in [0.3, 0.4) is 0 Å². The molecule has 34 heavy (non-hydrogen) atoms. The van der Waals surface area contributed by atoms with E-state index in [0.717, 1.165) is 12.0 Å². The number of allylic oxidation sites excluding steroid dienone is 4. The molecular weight excluding hydrogens is 498 g/mol. The first-order valence-electron chi connectivity index (χ1n) is 13.3. The molecule has 1 aliphatic carbocycles. The average Bonchev–Trinajstić information content (AvgIpc) is 2.90. The Labute approximate surface area is 216 Å². The molecule has 0 saturated heterocycles. The van der Waals surface area contributed by atoms with Gasteiger partial charge in [-0.3, -0.25) is 0 Å². The Morgan fingerprint density at radius 2 is 1.44 bits per heavy atom. The summed E-state index contributed by atoms with van der Waals surface area (Å²) >= 11 is -3.08. The summed E-state index contributed by atoms with van der Waals surface area (Å²) in [6.07, 6.45) is 3.49. The van der Waals surface area contributed by atoms with Gasteiger partial charge in [-0.25, -0.2) is 0 Å². The third-order valence-electron chi connectivity index (χ3n) is 8.91. The average molecular weight is 550 g/mol. The summed E-state index contributed by atoms with van der Waals surface area (Å²) in [5, 5.41) is 0.173. The summed E-state index contributed by atoms with van der Waals surface area (Å²) in [7, 11) is -1.09. The van der Waals surface area contributed by atoms with Crippen LogP contribution in [0.1, 0.15) is 63.4 Å². The molecule has 1 aromatic carbocycles. The van der Waals surface area contributed by atoms with E-state index in [0.29, 0.717) is 0 Å². The van der Waals surface area contributed by atoms with Gasteiger partial charge in [0.1, 0.15) is 0 Å². The van der Waals surface area contributed by atoms with Crippen LogP contribution in [0, 0.1) is 0 Å². The summed E-state index contributed by atoms with van der Waals surface area (Å²) in [5.41, 5.74) is 6.79. The molecule has 2 nitrogen and oxygen atoms in total. The van der Waals surface area contributed by atoms with Crippen LogP contribution in [0.2, 0.25) is 57.4 Å². The van der Waals surface area contributed by atoms with Gasteiger partial charge in [-0.05, 0) is 0 Å². The summed E-state index contributed by atoms with van der Waals surface area (Å²) in [6.45, 7) is 32.3. The van der Waals surface area contributed by atoms with Gasteiger partial charge in [-0.1, -0.05) is 0 Å². The van der Waals surface area contributed by atoms with Crippen LogP contribution >= 0.6 is 0 Å². The van der Waals surface area contributed by atoms with Crippen molar-refractivity contribution in [3.63, 3.8) is 0 Å². The van der Waals surface area contributed by atoms with E-state index in [1.165, 1.54) is 29.6 Å². The number of carbonyl (C=O) groups excluding carboxylic acids is 1. The Bertz CT molecular complexity index is 966. The number of nitrogens with one attached hydrogen (secondary N) is 1. The molecular formula is C28H51NOSi3Ti. The molecule has 1 atom stereocenters. The minimum absolute atomic E-state index is 0.173. The zero-order valence-electron chi connectivity index (χ0n) is 24.4. The second kappa shape index (κ2) is 10.5. The van der Waals surface area contributed by atoms with Crippen LogP contribution < -0.4 is 3.80 Å². The number of hydrogen-bond acceptors (Lipinski definition) is 1. The van der Waals surface area contributed by atoms with Crippen molar-refractivity contribution in [1.29, 1.82) is 0 Å². The second-order valence-electron chi connectivity index (χ2n) is 13.1. The Morgan fingerprint density at radius 3 is 1.85 bits per heavy atom. The molecule has 1 aliphatic rings. The molecule has 2 rings (SSSR count). The van der Waals surface area contributed by atoms with Gasteiger partial charge in [0.2, 0.25) is 0 Å². The van der Waals surface area contributed by atoms with Crippen LogP contribution in [-0.4, -0.2) is 26.6 Å². The maximum absolute atomic E-state index is 14.0. The fourth-order valence-corrected chi connectivity index (χ4v) is 73.6. The molecule has 190 valence electrons. The van der Waals surface area contributed by atoms with E-state index in [4.69, 9.17) is 0 Å². The van der Waals surface area contributed by atoms with Crippen LogP contribution in [0.4, 0.5) is 0 Å². The number of benzene rings is 1. The van der Waals surface area contributed by atoms with Crippen molar-refractivity contribution >= 4 is 26.6 Å². The molecule has 0 aliphatic heterocycles. The van der Waals surface area contributed by atoms with Gasteiger partial charge in [0.25, 0.3) is 0 Å². The first-order chi connectivity index (χ1) is 15.5. The number of amides is 1. The number of hydrogen-bond donors (Lipinski definition) is 1. The Hall–Kier alpha value is -0.465. The second-order valence-corrected chi connectivity index (χ2v) is 51.4. The number of aryl methyl sites for hydroxylation is 1. The number of carbonyl (C=O) groups is 1. The first kappa shape index (κ1) is 29.8. The van der Waals surface area contributed by atoms with Crippen LogP contribution in [0.5, 0.6) is 0 Å². The molecule has 1 unspecified atom stereocenters. The van der Waals surface area contributed by atoms with Crippen molar-refractivity contribution in [3.8, 4) is 0 Å². The molecule has 0 spiro atoms. The van der Waals surface area contributed by atoms with E-state index < -0.39 is 36.0 Å². The fraction of sp³-hybridized carbons (Fsp3) is 0.607. The molecule has 0 fully saturated rings. The molecule has 1 N–H and O–H groups in total. The molecule has 0 heterocycles. The topological polar surface area (TPSA) is 29.1 Å². The minimum atomic E-state index is -3.08. The van der Waals surface area contributed by atoms with Crippen molar-refractivity contribution in [1.82, 2.24) is 3.80 Å². The van der Waals surface area contributed by atoms with Crippen molar-refractivity contribution in [2.24, 2.45) is 0 Å². The summed E-state index contributed by atoms with van der Waals surface area (Å²) in [4.78, 5) is 14.0. The zero-order chi connectivity index (χ0) is 26.3. The van der Waals surface area contributed by atoms with E-state index in [1.54, 1.807) is 9.45 Å². The van der Waals surface area contributed by atoms with Gasteiger partial charge in [0, 0.05) is 0 Å². The van der Waals surface area contributed by atoms with E-state index in [9.17, 15) is 4.79 Å². The van der Waals surface area contributed by atoms with Crippen molar-refractivity contribution in [2.75, 3.05) is 0 Å². The van der Waals surface area contributed by atoms with Crippen LogP contribution in [0.15, 0.2) is 44.9 Å². The van der Waals surface area contributed by atoms with Gasteiger partial charge < -0.3 is 0 Å². The number of rotatable bonds is 9. The summed E-state index contributed by atoms with van der Waals surface area (Å²) < 4.78 is 5.78. The molecule has 6 heteroatoms. The third kappa shape index (κ3) is 5.02. The predicted octanol–water partition coefficient (Wildman–Crippen LogP) is 8.37. The Morgan fingerprint density at radius 1 is 0.941 bits per heavy atom. The summed E-state index contributed by atoms with van der Waals surface area (Å²) in [6, 6.07) is 8.48. The molecule has 0 bridgehead atoms.